The summed E-state index contributed by atoms with van der Waals surface area (Å²) in [6.45, 7) is 4.36. The van der Waals surface area contributed by atoms with Gasteiger partial charge in [-0.05, 0) is 50.4 Å². The first-order chi connectivity index (χ1) is 11.6. The average Bonchev–Trinajstić information content (AvgIpc) is 2.85. The van der Waals surface area contributed by atoms with Crippen molar-refractivity contribution >= 4 is 11.8 Å². The van der Waals surface area contributed by atoms with Gasteiger partial charge in [-0.15, -0.1) is 0 Å². The predicted molar refractivity (Wildman–Crippen MR) is 93.2 cm³/mol. The molecule has 0 amide bonds. The molecule has 0 fully saturated rings. The Hall–Kier alpha value is -2.41. The van der Waals surface area contributed by atoms with E-state index in [1.165, 1.54) is 23.9 Å². The minimum absolute atomic E-state index is 0.166. The third-order valence-corrected chi connectivity index (χ3v) is 4.41. The maximum atomic E-state index is 13.3. The quantitative estimate of drug-likeness (QED) is 0.538. The third kappa shape index (κ3) is 2.75. The second-order valence-corrected chi connectivity index (χ2v) is 5.97. The molecule has 3 aromatic rings. The largest absolute Gasteiger partial charge is 0.333 e. The van der Waals surface area contributed by atoms with E-state index >= 15 is 0 Å². The predicted octanol–water partition coefficient (Wildman–Crippen LogP) is 3.29. The highest BCUT2D eigenvalue weighted by molar-refractivity contribution is 7.98. The Labute approximate surface area is 143 Å². The maximum absolute atomic E-state index is 13.3. The Balaban J connectivity index is 2.32. The SMILES string of the molecule is CCn1c(C)c(-c2ccnc(SC)n2)n(-c2ccc(F)cc2)c1=O. The van der Waals surface area contributed by atoms with Crippen LogP contribution in [0.5, 0.6) is 0 Å². The van der Waals surface area contributed by atoms with Crippen molar-refractivity contribution in [1.29, 1.82) is 0 Å². The molecule has 24 heavy (non-hydrogen) atoms. The van der Waals surface area contributed by atoms with Crippen molar-refractivity contribution in [2.24, 2.45) is 0 Å². The molecule has 0 unspecified atom stereocenters. The van der Waals surface area contributed by atoms with Crippen LogP contribution in [0.25, 0.3) is 17.1 Å². The molecule has 0 spiro atoms. The van der Waals surface area contributed by atoms with Gasteiger partial charge in [-0.2, -0.15) is 0 Å². The molecule has 0 saturated carbocycles. The van der Waals surface area contributed by atoms with Crippen molar-refractivity contribution in [3.8, 4) is 17.1 Å². The minimum atomic E-state index is -0.341. The second kappa shape index (κ2) is 6.60. The molecule has 0 atom stereocenters. The lowest BCUT2D eigenvalue weighted by atomic mass is 10.2. The lowest BCUT2D eigenvalue weighted by molar-refractivity contribution is 0.627. The van der Waals surface area contributed by atoms with E-state index in [1.54, 1.807) is 33.5 Å². The van der Waals surface area contributed by atoms with Gasteiger partial charge in [0.05, 0.1) is 17.1 Å². The number of nitrogens with zero attached hydrogens (tertiary/aromatic N) is 4. The van der Waals surface area contributed by atoms with E-state index in [1.807, 2.05) is 20.1 Å². The van der Waals surface area contributed by atoms with E-state index < -0.39 is 0 Å². The normalized spacial score (nSPS) is 11.0. The number of imidazole rings is 1. The fraction of sp³-hybridized carbons (Fsp3) is 0.235. The molecule has 5 nitrogen and oxygen atoms in total. The number of thioether (sulfide) groups is 1. The van der Waals surface area contributed by atoms with Gasteiger partial charge in [-0.1, -0.05) is 11.8 Å². The molecule has 2 heterocycles. The van der Waals surface area contributed by atoms with Crippen LogP contribution in [0.3, 0.4) is 0 Å². The summed E-state index contributed by atoms with van der Waals surface area (Å²) in [5, 5.41) is 0.634. The van der Waals surface area contributed by atoms with Crippen LogP contribution in [0, 0.1) is 12.7 Å². The molecule has 0 bridgehead atoms. The van der Waals surface area contributed by atoms with Crippen LogP contribution in [-0.2, 0) is 6.54 Å². The zero-order valence-electron chi connectivity index (χ0n) is 13.7. The first-order valence-corrected chi connectivity index (χ1v) is 8.74. The molecule has 7 heteroatoms. The topological polar surface area (TPSA) is 52.7 Å². The summed E-state index contributed by atoms with van der Waals surface area (Å²) in [6, 6.07) is 7.66. The number of halogens is 1. The molecule has 124 valence electrons. The van der Waals surface area contributed by atoms with Gasteiger partial charge >= 0.3 is 5.69 Å². The number of hydrogen-bond donors (Lipinski definition) is 0. The van der Waals surface area contributed by atoms with Crippen molar-refractivity contribution in [2.75, 3.05) is 6.26 Å². The first-order valence-electron chi connectivity index (χ1n) is 7.52. The molecule has 0 aliphatic carbocycles. The molecule has 0 saturated heterocycles. The molecule has 2 aromatic heterocycles. The van der Waals surface area contributed by atoms with Crippen molar-refractivity contribution in [1.82, 2.24) is 19.1 Å². The van der Waals surface area contributed by atoms with Crippen LogP contribution in [0.15, 0.2) is 46.5 Å². The van der Waals surface area contributed by atoms with Gasteiger partial charge in [0.2, 0.25) is 0 Å². The summed E-state index contributed by atoms with van der Waals surface area (Å²) < 4.78 is 16.5. The van der Waals surface area contributed by atoms with Crippen LogP contribution in [0.2, 0.25) is 0 Å². The molecule has 1 aromatic carbocycles. The smallest absolute Gasteiger partial charge is 0.296 e. The van der Waals surface area contributed by atoms with Gasteiger partial charge in [0.25, 0.3) is 0 Å². The third-order valence-electron chi connectivity index (χ3n) is 3.85. The van der Waals surface area contributed by atoms with Gasteiger partial charge in [0.1, 0.15) is 5.82 Å². The Kier molecular flexibility index (Phi) is 4.53. The summed E-state index contributed by atoms with van der Waals surface area (Å²) in [5.74, 6) is -0.341. The summed E-state index contributed by atoms with van der Waals surface area (Å²) >= 11 is 1.44. The highest BCUT2D eigenvalue weighted by atomic mass is 32.2. The van der Waals surface area contributed by atoms with Gasteiger partial charge in [0, 0.05) is 18.4 Å². The lowest BCUT2D eigenvalue weighted by Crippen LogP contribution is -2.23. The molecule has 0 aliphatic heterocycles. The standard InChI is InChI=1S/C17H17FN4OS/c1-4-21-11(2)15(14-9-10-19-16(20-14)24-3)22(17(21)23)13-7-5-12(18)6-8-13/h5-10H,4H2,1-3H3. The van der Waals surface area contributed by atoms with Crippen molar-refractivity contribution in [3.63, 3.8) is 0 Å². The zero-order valence-corrected chi connectivity index (χ0v) is 14.5. The van der Waals surface area contributed by atoms with E-state index in [4.69, 9.17) is 0 Å². The molecule has 0 radical (unpaired) electrons. The van der Waals surface area contributed by atoms with Gasteiger partial charge in [-0.3, -0.25) is 9.13 Å². The molecular formula is C17H17FN4OS. The Morgan fingerprint density at radius 3 is 2.54 bits per heavy atom. The number of rotatable bonds is 4. The number of benzene rings is 1. The molecule has 0 aliphatic rings. The zero-order chi connectivity index (χ0) is 17.3. The van der Waals surface area contributed by atoms with Crippen LogP contribution in [-0.4, -0.2) is 25.4 Å². The fourth-order valence-corrected chi connectivity index (χ4v) is 3.08. The number of aromatic nitrogens is 4. The van der Waals surface area contributed by atoms with Crippen LogP contribution >= 0.6 is 11.8 Å². The Bertz CT molecular complexity index is 931. The molecule has 3 rings (SSSR count). The maximum Gasteiger partial charge on any atom is 0.333 e. The summed E-state index contributed by atoms with van der Waals surface area (Å²) in [5.41, 5.74) is 2.63. The minimum Gasteiger partial charge on any atom is -0.296 e. The van der Waals surface area contributed by atoms with E-state index in [2.05, 4.69) is 9.97 Å². The van der Waals surface area contributed by atoms with Crippen molar-refractivity contribution in [2.45, 2.75) is 25.5 Å². The van der Waals surface area contributed by atoms with E-state index in [9.17, 15) is 9.18 Å². The Morgan fingerprint density at radius 1 is 1.21 bits per heavy atom. The van der Waals surface area contributed by atoms with E-state index in [-0.39, 0.29) is 11.5 Å². The summed E-state index contributed by atoms with van der Waals surface area (Å²) in [7, 11) is 0. The average molecular weight is 344 g/mol. The molecular weight excluding hydrogens is 327 g/mol. The van der Waals surface area contributed by atoms with Crippen LogP contribution < -0.4 is 5.69 Å². The fourth-order valence-electron chi connectivity index (χ4n) is 2.72. The van der Waals surface area contributed by atoms with Gasteiger partial charge < -0.3 is 0 Å². The first kappa shape index (κ1) is 16.4. The van der Waals surface area contributed by atoms with Crippen molar-refractivity contribution in [3.05, 3.63) is 58.5 Å². The van der Waals surface area contributed by atoms with Gasteiger partial charge in [0.15, 0.2) is 5.16 Å². The summed E-state index contributed by atoms with van der Waals surface area (Å²) in [6.07, 6.45) is 3.58. The summed E-state index contributed by atoms with van der Waals surface area (Å²) in [4.78, 5) is 21.5. The number of hydrogen-bond acceptors (Lipinski definition) is 4. The highest BCUT2D eigenvalue weighted by Gasteiger charge is 2.20. The van der Waals surface area contributed by atoms with E-state index in [0.717, 1.165) is 5.69 Å². The van der Waals surface area contributed by atoms with Crippen LogP contribution in [0.1, 0.15) is 12.6 Å². The van der Waals surface area contributed by atoms with Crippen molar-refractivity contribution < 1.29 is 4.39 Å². The van der Waals surface area contributed by atoms with Crippen LogP contribution in [0.4, 0.5) is 4.39 Å². The molecule has 0 N–H and O–H groups in total. The Morgan fingerprint density at radius 2 is 1.92 bits per heavy atom. The second-order valence-electron chi connectivity index (χ2n) is 5.20. The van der Waals surface area contributed by atoms with E-state index in [0.29, 0.717) is 28.8 Å². The lowest BCUT2D eigenvalue weighted by Gasteiger charge is -2.08. The van der Waals surface area contributed by atoms with Gasteiger partial charge in [-0.25, -0.2) is 19.2 Å². The highest BCUT2D eigenvalue weighted by Crippen LogP contribution is 2.25. The monoisotopic (exact) mass is 344 g/mol.